The van der Waals surface area contributed by atoms with Crippen LogP contribution in [0.25, 0.3) is 0 Å². The standard InChI is InChI=1S/C15H13NO3S/c17-15(19-10-11-4-2-1-3-5-11)16-9-12-6-7-13-8-14(12)20(13)18/h1-8H,9-10H2,(H,16,17). The molecule has 2 bridgehead atoms. The van der Waals surface area contributed by atoms with E-state index < -0.39 is 16.9 Å². The Hall–Kier alpha value is -2.14. The van der Waals surface area contributed by atoms with E-state index in [2.05, 4.69) is 5.32 Å². The summed E-state index contributed by atoms with van der Waals surface area (Å²) in [6.45, 7) is 0.569. The van der Waals surface area contributed by atoms with Gasteiger partial charge < -0.3 is 10.1 Å². The summed E-state index contributed by atoms with van der Waals surface area (Å²) in [4.78, 5) is 13.2. The summed E-state index contributed by atoms with van der Waals surface area (Å²) in [6.07, 6.45) is -0.477. The molecule has 0 radical (unpaired) electrons. The van der Waals surface area contributed by atoms with Crippen molar-refractivity contribution in [1.82, 2.24) is 5.32 Å². The summed E-state index contributed by atoms with van der Waals surface area (Å²) in [7, 11) is -1.00. The molecule has 2 aliphatic rings. The zero-order valence-corrected chi connectivity index (χ0v) is 11.5. The lowest BCUT2D eigenvalue weighted by Gasteiger charge is -2.18. The van der Waals surface area contributed by atoms with Crippen LogP contribution in [0.15, 0.2) is 58.3 Å². The van der Waals surface area contributed by atoms with Gasteiger partial charge in [0, 0.05) is 16.3 Å². The summed E-state index contributed by atoms with van der Waals surface area (Å²) in [5.41, 5.74) is 1.81. The van der Waals surface area contributed by atoms with Gasteiger partial charge in [0.15, 0.2) is 0 Å². The summed E-state index contributed by atoms with van der Waals surface area (Å²) >= 11 is 0. The van der Waals surface area contributed by atoms with Crippen molar-refractivity contribution in [3.8, 4) is 0 Å². The molecule has 4 nitrogen and oxygen atoms in total. The minimum atomic E-state index is -1.00. The van der Waals surface area contributed by atoms with Gasteiger partial charge in [-0.3, -0.25) is 0 Å². The Kier molecular flexibility index (Phi) is 3.52. The topological polar surface area (TPSA) is 55.4 Å². The lowest BCUT2D eigenvalue weighted by Crippen LogP contribution is -2.25. The zero-order chi connectivity index (χ0) is 13.9. The van der Waals surface area contributed by atoms with Crippen molar-refractivity contribution in [2.75, 3.05) is 0 Å². The van der Waals surface area contributed by atoms with Crippen molar-refractivity contribution in [2.24, 2.45) is 0 Å². The van der Waals surface area contributed by atoms with E-state index in [9.17, 15) is 9.00 Å². The zero-order valence-electron chi connectivity index (χ0n) is 10.7. The number of nitrogens with one attached hydrogen (secondary N) is 1. The van der Waals surface area contributed by atoms with E-state index in [1.165, 1.54) is 0 Å². The van der Waals surface area contributed by atoms with Crippen molar-refractivity contribution >= 4 is 16.9 Å². The molecule has 20 heavy (non-hydrogen) atoms. The minimum Gasteiger partial charge on any atom is -0.445 e. The Morgan fingerprint density at radius 3 is 2.65 bits per heavy atom. The Labute approximate surface area is 119 Å². The number of alkyl carbamates (subject to hydrolysis) is 1. The molecule has 0 spiro atoms. The monoisotopic (exact) mass is 287 g/mol. The molecule has 5 heteroatoms. The molecule has 2 aliphatic heterocycles. The number of carbonyl (C=O) groups excluding carboxylic acids is 1. The van der Waals surface area contributed by atoms with Crippen LogP contribution >= 0.6 is 0 Å². The molecule has 1 atom stereocenters. The Morgan fingerprint density at radius 2 is 1.95 bits per heavy atom. The van der Waals surface area contributed by atoms with Crippen LogP contribution in [0, 0.1) is 0 Å². The molecule has 0 fully saturated rings. The van der Waals surface area contributed by atoms with Crippen LogP contribution in [0.5, 0.6) is 0 Å². The van der Waals surface area contributed by atoms with Gasteiger partial charge in [0.05, 0.1) is 10.8 Å². The summed E-state index contributed by atoms with van der Waals surface area (Å²) in [5.74, 6) is 0. The van der Waals surface area contributed by atoms with Crippen LogP contribution in [0.4, 0.5) is 4.79 Å². The smallest absolute Gasteiger partial charge is 0.407 e. The molecule has 4 rings (SSSR count). The van der Waals surface area contributed by atoms with Gasteiger partial charge in [-0.25, -0.2) is 9.00 Å². The highest BCUT2D eigenvalue weighted by molar-refractivity contribution is 7.86. The van der Waals surface area contributed by atoms with Crippen LogP contribution in [0.3, 0.4) is 0 Å². The van der Waals surface area contributed by atoms with Crippen molar-refractivity contribution in [3.05, 3.63) is 59.7 Å². The summed E-state index contributed by atoms with van der Waals surface area (Å²) < 4.78 is 16.7. The van der Waals surface area contributed by atoms with Crippen molar-refractivity contribution in [1.29, 1.82) is 0 Å². The fourth-order valence-corrected chi connectivity index (χ4v) is 3.08. The van der Waals surface area contributed by atoms with E-state index >= 15 is 0 Å². The first-order chi connectivity index (χ1) is 9.74. The number of hydrogen-bond donors (Lipinski definition) is 1. The molecule has 2 heterocycles. The Balaban J connectivity index is 1.49. The molecule has 1 N–H and O–H groups in total. The highest BCUT2D eigenvalue weighted by Gasteiger charge is 2.22. The summed E-state index contributed by atoms with van der Waals surface area (Å²) in [5, 5.41) is 2.66. The van der Waals surface area contributed by atoms with Gasteiger partial charge in [-0.1, -0.05) is 36.4 Å². The first-order valence-corrected chi connectivity index (χ1v) is 7.38. The second-order valence-electron chi connectivity index (χ2n) is 4.45. The number of benzene rings is 2. The molecular formula is C15H13NO3S. The summed E-state index contributed by atoms with van der Waals surface area (Å²) in [6, 6.07) is 15.1. The van der Waals surface area contributed by atoms with Gasteiger partial charge >= 0.3 is 6.09 Å². The highest BCUT2D eigenvalue weighted by Crippen LogP contribution is 2.31. The minimum absolute atomic E-state index is 0.240. The van der Waals surface area contributed by atoms with Crippen molar-refractivity contribution in [2.45, 2.75) is 22.9 Å². The lowest BCUT2D eigenvalue weighted by atomic mass is 10.2. The normalized spacial score (nSPS) is 15.3. The van der Waals surface area contributed by atoms with E-state index in [0.29, 0.717) is 6.54 Å². The maximum atomic E-state index is 11.6. The fourth-order valence-electron chi connectivity index (χ4n) is 1.98. The number of amides is 1. The van der Waals surface area contributed by atoms with E-state index in [-0.39, 0.29) is 6.61 Å². The van der Waals surface area contributed by atoms with Gasteiger partial charge in [0.2, 0.25) is 0 Å². The number of rotatable bonds is 4. The first kappa shape index (κ1) is 12.9. The van der Waals surface area contributed by atoms with Gasteiger partial charge in [-0.05, 0) is 23.3 Å². The van der Waals surface area contributed by atoms with E-state index in [0.717, 1.165) is 20.9 Å². The van der Waals surface area contributed by atoms with Crippen LogP contribution in [-0.4, -0.2) is 10.3 Å². The van der Waals surface area contributed by atoms with Crippen LogP contribution < -0.4 is 5.32 Å². The third kappa shape index (κ3) is 2.58. The van der Waals surface area contributed by atoms with E-state index in [4.69, 9.17) is 4.74 Å². The average molecular weight is 287 g/mol. The molecule has 0 aromatic heterocycles. The van der Waals surface area contributed by atoms with E-state index in [1.807, 2.05) is 48.5 Å². The maximum absolute atomic E-state index is 11.6. The second-order valence-corrected chi connectivity index (χ2v) is 5.90. The van der Waals surface area contributed by atoms with Crippen LogP contribution in [-0.2, 0) is 28.7 Å². The van der Waals surface area contributed by atoms with Gasteiger partial charge in [-0.15, -0.1) is 0 Å². The van der Waals surface area contributed by atoms with Crippen LogP contribution in [0.2, 0.25) is 0 Å². The largest absolute Gasteiger partial charge is 0.445 e. The molecule has 1 amide bonds. The van der Waals surface area contributed by atoms with Crippen LogP contribution in [0.1, 0.15) is 11.1 Å². The number of fused-ring (bicyclic) bond motifs is 2. The van der Waals surface area contributed by atoms with Gasteiger partial charge in [-0.2, -0.15) is 0 Å². The molecule has 0 aliphatic carbocycles. The highest BCUT2D eigenvalue weighted by atomic mass is 32.2. The number of carbonyl (C=O) groups is 1. The second kappa shape index (κ2) is 5.46. The molecule has 2 aromatic rings. The van der Waals surface area contributed by atoms with Gasteiger partial charge in [0.1, 0.15) is 6.61 Å². The maximum Gasteiger partial charge on any atom is 0.407 e. The number of hydrogen-bond acceptors (Lipinski definition) is 3. The molecule has 1 unspecified atom stereocenters. The lowest BCUT2D eigenvalue weighted by molar-refractivity contribution is 0.139. The van der Waals surface area contributed by atoms with Gasteiger partial charge in [0.25, 0.3) is 0 Å². The fraction of sp³-hybridized carbons (Fsp3) is 0.133. The average Bonchev–Trinajstić information content (AvgIpc) is 2.51. The first-order valence-electron chi connectivity index (χ1n) is 6.23. The molecule has 0 saturated heterocycles. The quantitative estimate of drug-likeness (QED) is 0.802. The SMILES string of the molecule is O=C(NCc1ccc2cc1S2=O)OCc1ccccc1. The van der Waals surface area contributed by atoms with E-state index in [1.54, 1.807) is 0 Å². The molecular weight excluding hydrogens is 274 g/mol. The Bertz CT molecular complexity index is 666. The number of ether oxygens (including phenoxy) is 1. The van der Waals surface area contributed by atoms with Crippen molar-refractivity contribution < 1.29 is 13.7 Å². The van der Waals surface area contributed by atoms with Crippen molar-refractivity contribution in [3.63, 3.8) is 0 Å². The third-order valence-corrected chi connectivity index (χ3v) is 4.55. The third-order valence-electron chi connectivity index (χ3n) is 3.09. The Morgan fingerprint density at radius 1 is 1.15 bits per heavy atom. The predicted molar refractivity (Wildman–Crippen MR) is 74.6 cm³/mol. The molecule has 2 aromatic carbocycles. The molecule has 0 saturated carbocycles. The molecule has 102 valence electrons. The predicted octanol–water partition coefficient (Wildman–Crippen LogP) is 2.59.